The lowest BCUT2D eigenvalue weighted by atomic mass is 10.3. The zero-order valence-electron chi connectivity index (χ0n) is 11.4. The van der Waals surface area contributed by atoms with Crippen molar-refractivity contribution in [2.45, 2.75) is 24.9 Å². The summed E-state index contributed by atoms with van der Waals surface area (Å²) in [6.45, 7) is 2.74. The Morgan fingerprint density at radius 2 is 2.05 bits per heavy atom. The molecule has 0 saturated heterocycles. The first kappa shape index (κ1) is 14.5. The van der Waals surface area contributed by atoms with Crippen molar-refractivity contribution in [3.05, 3.63) is 36.4 Å². The quantitative estimate of drug-likeness (QED) is 0.823. The minimum Gasteiger partial charge on any atom is -0.387 e. The van der Waals surface area contributed by atoms with Crippen molar-refractivity contribution in [2.75, 3.05) is 12.4 Å². The minimum absolute atomic E-state index is 0.105. The Hall–Kier alpha value is -1.93. The Kier molecular flexibility index (Phi) is 4.35. The number of nitrogens with zero attached hydrogens (tertiary/aromatic N) is 3. The van der Waals surface area contributed by atoms with Gasteiger partial charge < -0.3 is 9.88 Å². The molecule has 0 unspecified atom stereocenters. The van der Waals surface area contributed by atoms with E-state index in [9.17, 15) is 8.42 Å². The van der Waals surface area contributed by atoms with Crippen molar-refractivity contribution in [2.24, 2.45) is 0 Å². The van der Waals surface area contributed by atoms with Gasteiger partial charge in [0.15, 0.2) is 0 Å². The van der Waals surface area contributed by atoms with E-state index in [0.717, 1.165) is 0 Å². The van der Waals surface area contributed by atoms with Gasteiger partial charge in [-0.15, -0.1) is 10.2 Å². The number of hydrogen-bond donors (Lipinski definition) is 2. The summed E-state index contributed by atoms with van der Waals surface area (Å²) in [6.07, 6.45) is 1.57. The van der Waals surface area contributed by atoms with Gasteiger partial charge >= 0.3 is 0 Å². The van der Waals surface area contributed by atoms with E-state index in [4.69, 9.17) is 0 Å². The smallest absolute Gasteiger partial charge is 0.243 e. The van der Waals surface area contributed by atoms with Crippen LogP contribution < -0.4 is 10.0 Å². The molecule has 1 aromatic carbocycles. The average molecular weight is 295 g/mol. The van der Waals surface area contributed by atoms with Crippen LogP contribution in [-0.4, -0.2) is 30.2 Å². The van der Waals surface area contributed by atoms with Crippen molar-refractivity contribution in [3.63, 3.8) is 0 Å². The van der Waals surface area contributed by atoms with Gasteiger partial charge in [0.2, 0.25) is 10.0 Å². The summed E-state index contributed by atoms with van der Waals surface area (Å²) < 4.78 is 28.9. The maximum absolute atomic E-state index is 12.3. The first-order chi connectivity index (χ1) is 9.58. The Bertz CT molecular complexity index is 681. The van der Waals surface area contributed by atoms with E-state index in [1.807, 2.05) is 6.92 Å². The van der Waals surface area contributed by atoms with Crippen molar-refractivity contribution in [3.8, 4) is 0 Å². The van der Waals surface area contributed by atoms with Crippen molar-refractivity contribution >= 4 is 15.7 Å². The van der Waals surface area contributed by atoms with Gasteiger partial charge in [-0.2, -0.15) is 0 Å². The van der Waals surface area contributed by atoms with E-state index in [-0.39, 0.29) is 11.4 Å². The van der Waals surface area contributed by atoms with Crippen LogP contribution in [0.3, 0.4) is 0 Å². The predicted molar refractivity (Wildman–Crippen MR) is 75.7 cm³/mol. The molecular weight excluding hydrogens is 278 g/mol. The molecule has 0 spiro atoms. The molecule has 0 fully saturated rings. The predicted octanol–water partition coefficient (Wildman–Crippen LogP) is 0.818. The first-order valence-corrected chi connectivity index (χ1v) is 7.70. The molecule has 2 N–H and O–H groups in total. The summed E-state index contributed by atoms with van der Waals surface area (Å²) in [6, 6.07) is 6.73. The summed E-state index contributed by atoms with van der Waals surface area (Å²) in [5.74, 6) is 0.581. The number of nitrogens with one attached hydrogen (secondary N) is 2. The SMILES string of the molecule is CCn1cnnc1CNS(=O)(=O)c1ccccc1NC. The molecule has 108 valence electrons. The lowest BCUT2D eigenvalue weighted by Crippen LogP contribution is -2.25. The fraction of sp³-hybridized carbons (Fsp3) is 0.333. The van der Waals surface area contributed by atoms with Crippen LogP contribution in [0.2, 0.25) is 0 Å². The van der Waals surface area contributed by atoms with Crippen LogP contribution in [0.4, 0.5) is 5.69 Å². The molecule has 0 saturated carbocycles. The second-order valence-electron chi connectivity index (χ2n) is 4.10. The summed E-state index contributed by atoms with van der Waals surface area (Å²) in [5, 5.41) is 10.5. The van der Waals surface area contributed by atoms with Gasteiger partial charge in [-0.3, -0.25) is 0 Å². The third-order valence-corrected chi connectivity index (χ3v) is 4.36. The molecule has 0 aliphatic heterocycles. The largest absolute Gasteiger partial charge is 0.387 e. The number of aryl methyl sites for hydroxylation is 1. The third-order valence-electron chi connectivity index (χ3n) is 2.90. The first-order valence-electron chi connectivity index (χ1n) is 6.21. The summed E-state index contributed by atoms with van der Waals surface area (Å²) in [5.41, 5.74) is 0.553. The lowest BCUT2D eigenvalue weighted by Gasteiger charge is -2.11. The highest BCUT2D eigenvalue weighted by atomic mass is 32.2. The molecule has 0 aliphatic rings. The fourth-order valence-electron chi connectivity index (χ4n) is 1.82. The molecule has 1 aromatic heterocycles. The molecule has 0 atom stereocenters. The van der Waals surface area contributed by atoms with E-state index in [1.54, 1.807) is 42.2 Å². The topological polar surface area (TPSA) is 88.9 Å². The third kappa shape index (κ3) is 2.97. The Morgan fingerprint density at radius 3 is 2.75 bits per heavy atom. The molecule has 20 heavy (non-hydrogen) atoms. The molecule has 0 bridgehead atoms. The Balaban J connectivity index is 2.19. The second kappa shape index (κ2) is 6.02. The molecular formula is C12H17N5O2S. The van der Waals surface area contributed by atoms with Gasteiger partial charge in [0.05, 0.1) is 12.2 Å². The van der Waals surface area contributed by atoms with E-state index < -0.39 is 10.0 Å². The average Bonchev–Trinajstić information content (AvgIpc) is 2.92. The van der Waals surface area contributed by atoms with Crippen LogP contribution in [-0.2, 0) is 23.1 Å². The van der Waals surface area contributed by atoms with Crippen LogP contribution in [0.15, 0.2) is 35.5 Å². The number of aromatic nitrogens is 3. The number of rotatable bonds is 6. The lowest BCUT2D eigenvalue weighted by molar-refractivity contribution is 0.575. The van der Waals surface area contributed by atoms with Crippen LogP contribution in [0.25, 0.3) is 0 Å². The summed E-state index contributed by atoms with van der Waals surface area (Å²) in [4.78, 5) is 0.213. The minimum atomic E-state index is -3.60. The zero-order valence-corrected chi connectivity index (χ0v) is 12.2. The van der Waals surface area contributed by atoms with Gasteiger partial charge in [-0.1, -0.05) is 12.1 Å². The second-order valence-corrected chi connectivity index (χ2v) is 5.84. The molecule has 2 aromatic rings. The van der Waals surface area contributed by atoms with E-state index in [1.165, 1.54) is 0 Å². The standard InChI is InChI=1S/C12H17N5O2S/c1-3-17-9-14-16-12(17)8-15-20(18,19)11-7-5-4-6-10(11)13-2/h4-7,9,13,15H,3,8H2,1-2H3. The molecule has 2 rings (SSSR count). The maximum atomic E-state index is 12.3. The number of benzene rings is 1. The van der Waals surface area contributed by atoms with Gasteiger partial charge in [0.1, 0.15) is 17.0 Å². The molecule has 0 radical (unpaired) electrons. The molecule has 1 heterocycles. The van der Waals surface area contributed by atoms with Crippen LogP contribution in [0.1, 0.15) is 12.7 Å². The number of hydrogen-bond acceptors (Lipinski definition) is 5. The highest BCUT2D eigenvalue weighted by molar-refractivity contribution is 7.89. The van der Waals surface area contributed by atoms with Crippen molar-refractivity contribution in [1.82, 2.24) is 19.5 Å². The fourth-order valence-corrected chi connectivity index (χ4v) is 3.02. The van der Waals surface area contributed by atoms with Gasteiger partial charge in [-0.05, 0) is 19.1 Å². The van der Waals surface area contributed by atoms with Crippen molar-refractivity contribution in [1.29, 1.82) is 0 Å². The van der Waals surface area contributed by atoms with E-state index in [2.05, 4.69) is 20.2 Å². The Labute approximate surface area is 118 Å². The molecule has 0 aliphatic carbocycles. The van der Waals surface area contributed by atoms with E-state index >= 15 is 0 Å². The molecule has 7 nitrogen and oxygen atoms in total. The van der Waals surface area contributed by atoms with Gasteiger partial charge in [0.25, 0.3) is 0 Å². The highest BCUT2D eigenvalue weighted by Crippen LogP contribution is 2.19. The Morgan fingerprint density at radius 1 is 1.30 bits per heavy atom. The number of sulfonamides is 1. The zero-order chi connectivity index (χ0) is 14.6. The molecule has 0 amide bonds. The summed E-state index contributed by atoms with van der Waals surface area (Å²) in [7, 11) is -1.92. The normalized spacial score (nSPS) is 11.5. The maximum Gasteiger partial charge on any atom is 0.243 e. The number of para-hydroxylation sites is 1. The van der Waals surface area contributed by atoms with Gasteiger partial charge in [0, 0.05) is 13.6 Å². The van der Waals surface area contributed by atoms with Crippen LogP contribution in [0.5, 0.6) is 0 Å². The van der Waals surface area contributed by atoms with Crippen LogP contribution in [0, 0.1) is 0 Å². The van der Waals surface area contributed by atoms with E-state index in [0.29, 0.717) is 18.1 Å². The van der Waals surface area contributed by atoms with Crippen LogP contribution >= 0.6 is 0 Å². The number of anilines is 1. The van der Waals surface area contributed by atoms with Gasteiger partial charge in [-0.25, -0.2) is 13.1 Å². The summed E-state index contributed by atoms with van der Waals surface area (Å²) >= 11 is 0. The van der Waals surface area contributed by atoms with Crippen molar-refractivity contribution < 1.29 is 8.42 Å². The molecule has 8 heteroatoms. The monoisotopic (exact) mass is 295 g/mol. The highest BCUT2D eigenvalue weighted by Gasteiger charge is 2.18.